The summed E-state index contributed by atoms with van der Waals surface area (Å²) in [5.41, 5.74) is 0. The summed E-state index contributed by atoms with van der Waals surface area (Å²) < 4.78 is 16.9. The van der Waals surface area contributed by atoms with Gasteiger partial charge in [-0.25, -0.2) is 0 Å². The molecule has 0 amide bonds. The van der Waals surface area contributed by atoms with E-state index < -0.39 is 6.10 Å². The van der Waals surface area contributed by atoms with Crippen LogP contribution in [0, 0.1) is 0 Å². The van der Waals surface area contributed by atoms with Gasteiger partial charge >= 0.3 is 17.9 Å². The zero-order valence-corrected chi connectivity index (χ0v) is 52.8. The van der Waals surface area contributed by atoms with Crippen LogP contribution in [0.25, 0.3) is 0 Å². The van der Waals surface area contributed by atoms with Crippen LogP contribution in [0.2, 0.25) is 0 Å². The average Bonchev–Trinajstić information content (AvgIpc) is 3.47. The van der Waals surface area contributed by atoms with E-state index in [1.54, 1.807) is 0 Å². The molecular formula is C75H124O6. The first-order valence-electron chi connectivity index (χ1n) is 33.7. The molecule has 0 fully saturated rings. The second kappa shape index (κ2) is 68.1. The van der Waals surface area contributed by atoms with Crippen LogP contribution in [-0.2, 0) is 28.6 Å². The Labute approximate surface area is 500 Å². The van der Waals surface area contributed by atoms with Crippen molar-refractivity contribution in [3.05, 3.63) is 134 Å². The van der Waals surface area contributed by atoms with Gasteiger partial charge in [0.05, 0.1) is 0 Å². The third-order valence-electron chi connectivity index (χ3n) is 14.2. The normalized spacial score (nSPS) is 13.0. The molecule has 81 heavy (non-hydrogen) atoms. The van der Waals surface area contributed by atoms with E-state index in [4.69, 9.17) is 14.2 Å². The Balaban J connectivity index is 4.27. The maximum absolute atomic E-state index is 12.9. The summed E-state index contributed by atoms with van der Waals surface area (Å²) in [4.78, 5) is 38.3. The predicted molar refractivity (Wildman–Crippen MR) is 353 cm³/mol. The number of carbonyl (C=O) groups excluding carboxylic acids is 3. The van der Waals surface area contributed by atoms with Gasteiger partial charge in [-0.05, 0) is 116 Å². The van der Waals surface area contributed by atoms with E-state index >= 15 is 0 Å². The molecule has 0 rings (SSSR count). The van der Waals surface area contributed by atoms with E-state index in [-0.39, 0.29) is 31.1 Å². The van der Waals surface area contributed by atoms with Gasteiger partial charge in [-0.1, -0.05) is 302 Å². The topological polar surface area (TPSA) is 78.9 Å². The van der Waals surface area contributed by atoms with E-state index in [2.05, 4.69) is 154 Å². The molecule has 6 heteroatoms. The molecule has 0 aliphatic carbocycles. The summed E-state index contributed by atoms with van der Waals surface area (Å²) in [7, 11) is 0. The van der Waals surface area contributed by atoms with Crippen molar-refractivity contribution in [2.75, 3.05) is 13.2 Å². The van der Waals surface area contributed by atoms with Crippen molar-refractivity contribution in [2.45, 2.75) is 309 Å². The Kier molecular flexibility index (Phi) is 64.3. The molecule has 0 aromatic rings. The molecular weight excluding hydrogens is 997 g/mol. The first-order chi connectivity index (χ1) is 40.0. The van der Waals surface area contributed by atoms with Gasteiger partial charge in [0.25, 0.3) is 0 Å². The number of rotatable bonds is 60. The SMILES string of the molecule is CC/C=C\C/C=C\C/C=C\C/C=C\C/C=C\C/C=C\CCCCCCCCCCCCCCC(=O)OCC(COC(=O)CCCCCCCCCCCCC)OC(=O)CCCCCCC/C=C\C/C=C\C/C=C\C/C=C\C/C=C\CC. The predicted octanol–water partition coefficient (Wildman–Crippen LogP) is 23.3. The highest BCUT2D eigenvalue weighted by Gasteiger charge is 2.19. The molecule has 0 N–H and O–H groups in total. The van der Waals surface area contributed by atoms with Crippen LogP contribution in [-0.4, -0.2) is 37.2 Å². The maximum atomic E-state index is 12.9. The molecule has 0 heterocycles. The second-order valence-corrected chi connectivity index (χ2v) is 22.0. The quantitative estimate of drug-likeness (QED) is 0.0261. The van der Waals surface area contributed by atoms with Crippen molar-refractivity contribution in [2.24, 2.45) is 0 Å². The highest BCUT2D eigenvalue weighted by Crippen LogP contribution is 2.16. The van der Waals surface area contributed by atoms with Gasteiger partial charge < -0.3 is 14.2 Å². The minimum atomic E-state index is -0.792. The number of unbranched alkanes of at least 4 members (excludes halogenated alkanes) is 27. The standard InChI is InChI=1S/C75H124O6/c1-4-7-10-13-16-19-22-24-26-28-30-32-33-34-35-36-37-38-39-40-41-43-44-46-48-50-53-56-59-62-65-68-74(77)80-71-72(70-79-73(76)67-64-61-58-55-52-21-18-15-12-9-6-3)81-75(78)69-66-63-60-57-54-51-49-47-45-42-31-29-27-25-23-20-17-14-11-8-5-2/h7-8,10-11,16-17,19-20,24-27,30-32,34-35,37-38,42,47,49,72H,4-6,9,12-15,18,21-23,28-29,33,36,39-41,43-46,48,50-71H2,1-3H3/b10-7-,11-8-,19-16-,20-17-,26-24-,27-25-,32-30-,35-34-,38-37-,42-31-,49-47-. The number of hydrogen-bond acceptors (Lipinski definition) is 6. The van der Waals surface area contributed by atoms with E-state index in [1.165, 1.54) is 116 Å². The zero-order valence-electron chi connectivity index (χ0n) is 52.8. The van der Waals surface area contributed by atoms with Gasteiger partial charge in [-0.2, -0.15) is 0 Å². The molecule has 1 atom stereocenters. The molecule has 0 bridgehead atoms. The lowest BCUT2D eigenvalue weighted by Crippen LogP contribution is -2.30. The van der Waals surface area contributed by atoms with Crippen molar-refractivity contribution in [3.63, 3.8) is 0 Å². The average molecular weight is 1120 g/mol. The fraction of sp³-hybridized carbons (Fsp3) is 0.667. The fourth-order valence-electron chi connectivity index (χ4n) is 9.18. The highest BCUT2D eigenvalue weighted by atomic mass is 16.6. The van der Waals surface area contributed by atoms with E-state index in [1.807, 2.05) is 0 Å². The lowest BCUT2D eigenvalue weighted by molar-refractivity contribution is -0.167. The molecule has 0 aromatic carbocycles. The summed E-state index contributed by atoms with van der Waals surface area (Å²) in [6.45, 7) is 6.40. The van der Waals surface area contributed by atoms with Gasteiger partial charge in [0.1, 0.15) is 13.2 Å². The highest BCUT2D eigenvalue weighted by molar-refractivity contribution is 5.71. The fourth-order valence-corrected chi connectivity index (χ4v) is 9.18. The monoisotopic (exact) mass is 1120 g/mol. The van der Waals surface area contributed by atoms with E-state index in [9.17, 15) is 14.4 Å². The molecule has 1 unspecified atom stereocenters. The number of ether oxygens (including phenoxy) is 3. The third-order valence-corrected chi connectivity index (χ3v) is 14.2. The lowest BCUT2D eigenvalue weighted by atomic mass is 10.0. The molecule has 0 aliphatic heterocycles. The molecule has 0 aromatic heterocycles. The second-order valence-electron chi connectivity index (χ2n) is 22.0. The minimum absolute atomic E-state index is 0.0866. The van der Waals surface area contributed by atoms with Crippen LogP contribution in [0.3, 0.4) is 0 Å². The van der Waals surface area contributed by atoms with Crippen LogP contribution in [0.4, 0.5) is 0 Å². The first kappa shape index (κ1) is 76.5. The minimum Gasteiger partial charge on any atom is -0.462 e. The molecule has 6 nitrogen and oxygen atoms in total. The van der Waals surface area contributed by atoms with Gasteiger partial charge in [0.2, 0.25) is 0 Å². The van der Waals surface area contributed by atoms with E-state index in [0.29, 0.717) is 19.3 Å². The lowest BCUT2D eigenvalue weighted by Gasteiger charge is -2.18. The van der Waals surface area contributed by atoms with Gasteiger partial charge in [0.15, 0.2) is 6.10 Å². The van der Waals surface area contributed by atoms with Crippen LogP contribution in [0.1, 0.15) is 303 Å². The third kappa shape index (κ3) is 66.2. The van der Waals surface area contributed by atoms with Crippen LogP contribution < -0.4 is 0 Å². The van der Waals surface area contributed by atoms with Crippen LogP contribution in [0.5, 0.6) is 0 Å². The van der Waals surface area contributed by atoms with E-state index in [0.717, 1.165) is 148 Å². The molecule has 0 saturated carbocycles. The largest absolute Gasteiger partial charge is 0.462 e. The Hall–Kier alpha value is -4.45. The van der Waals surface area contributed by atoms with Crippen molar-refractivity contribution < 1.29 is 28.6 Å². The number of allylic oxidation sites excluding steroid dienone is 22. The van der Waals surface area contributed by atoms with Gasteiger partial charge in [-0.3, -0.25) is 14.4 Å². The summed E-state index contributed by atoms with van der Waals surface area (Å²) in [5, 5.41) is 0. The van der Waals surface area contributed by atoms with Crippen molar-refractivity contribution in [1.82, 2.24) is 0 Å². The van der Waals surface area contributed by atoms with Crippen molar-refractivity contribution >= 4 is 17.9 Å². The van der Waals surface area contributed by atoms with Gasteiger partial charge in [-0.15, -0.1) is 0 Å². The summed E-state index contributed by atoms with van der Waals surface area (Å²) in [6.07, 6.45) is 96.1. The molecule has 460 valence electrons. The Morgan fingerprint density at radius 2 is 0.481 bits per heavy atom. The molecule has 0 aliphatic rings. The number of esters is 3. The molecule has 0 spiro atoms. The zero-order chi connectivity index (χ0) is 58.5. The Morgan fingerprint density at radius 1 is 0.259 bits per heavy atom. The first-order valence-corrected chi connectivity index (χ1v) is 33.7. The maximum Gasteiger partial charge on any atom is 0.306 e. The van der Waals surface area contributed by atoms with Crippen molar-refractivity contribution in [1.29, 1.82) is 0 Å². The summed E-state index contributed by atoms with van der Waals surface area (Å²) in [6, 6.07) is 0. The van der Waals surface area contributed by atoms with Crippen LogP contribution in [0.15, 0.2) is 134 Å². The molecule has 0 radical (unpaired) electrons. The van der Waals surface area contributed by atoms with Gasteiger partial charge in [0, 0.05) is 19.3 Å². The van der Waals surface area contributed by atoms with Crippen molar-refractivity contribution in [3.8, 4) is 0 Å². The molecule has 0 saturated heterocycles. The van der Waals surface area contributed by atoms with Crippen LogP contribution >= 0.6 is 0 Å². The summed E-state index contributed by atoms with van der Waals surface area (Å²) >= 11 is 0. The summed E-state index contributed by atoms with van der Waals surface area (Å²) in [5.74, 6) is -0.902. The smallest absolute Gasteiger partial charge is 0.306 e. The number of carbonyl (C=O) groups is 3. The Morgan fingerprint density at radius 3 is 0.753 bits per heavy atom. The Bertz CT molecular complexity index is 1720. The number of hydrogen-bond donors (Lipinski definition) is 0.